The Kier molecular flexibility index (Phi) is 7.41. The molecule has 1 spiro atoms. The Labute approximate surface area is 343 Å². The molecule has 0 aromatic heterocycles. The van der Waals surface area contributed by atoms with Crippen LogP contribution in [0.1, 0.15) is 22.3 Å². The molecule has 0 saturated heterocycles. The highest BCUT2D eigenvalue weighted by molar-refractivity contribution is 7.99. The average molecular weight is 757 g/mol. The first kappa shape index (κ1) is 33.1. The highest BCUT2D eigenvalue weighted by Crippen LogP contribution is 2.65. The molecule has 3 aliphatic rings. The molecule has 0 radical (unpaired) electrons. The molecule has 1 heterocycles. The van der Waals surface area contributed by atoms with E-state index in [0.29, 0.717) is 0 Å². The van der Waals surface area contributed by atoms with Gasteiger partial charge in [-0.3, -0.25) is 0 Å². The fourth-order valence-corrected chi connectivity index (χ4v) is 11.0. The Balaban J connectivity index is 1.05. The van der Waals surface area contributed by atoms with E-state index in [1.54, 1.807) is 0 Å². The standard InChI is InChI=1S/C55H36N2S/c1-3-16-39(17-4-1)56(40-18-5-2-6-19-40)41-33-30-37(31-34-41)38-32-35-43-42-20-7-9-22-45(42)55(48(43)36-38)46-23-10-8-21-44(46)54-47(55)24-15-27-51(54)57-49-25-11-13-28-52(49)58-53-29-14-12-26-50(53)57/h1-36H. The van der Waals surface area contributed by atoms with Crippen LogP contribution in [0.3, 0.4) is 0 Å². The third-order valence-electron chi connectivity index (χ3n) is 12.3. The third-order valence-corrected chi connectivity index (χ3v) is 13.4. The van der Waals surface area contributed by atoms with Crippen molar-refractivity contribution in [2.45, 2.75) is 15.2 Å². The third kappa shape index (κ3) is 4.74. The molecule has 0 amide bonds. The van der Waals surface area contributed by atoms with Gasteiger partial charge >= 0.3 is 0 Å². The fourth-order valence-electron chi connectivity index (χ4n) is 9.90. The highest BCUT2D eigenvalue weighted by Gasteiger charge is 2.52. The van der Waals surface area contributed by atoms with Crippen molar-refractivity contribution in [3.05, 3.63) is 241 Å². The van der Waals surface area contributed by atoms with Crippen molar-refractivity contribution in [3.8, 4) is 33.4 Å². The lowest BCUT2D eigenvalue weighted by atomic mass is 9.70. The summed E-state index contributed by atoms with van der Waals surface area (Å²) in [5, 5.41) is 0. The molecule has 9 aromatic carbocycles. The number of benzene rings is 9. The lowest BCUT2D eigenvalue weighted by molar-refractivity contribution is 0.794. The molecule has 0 bridgehead atoms. The quantitative estimate of drug-likeness (QED) is 0.173. The molecule has 58 heavy (non-hydrogen) atoms. The first-order chi connectivity index (χ1) is 28.8. The number of rotatable bonds is 5. The van der Waals surface area contributed by atoms with Crippen LogP contribution in [0.25, 0.3) is 33.4 Å². The summed E-state index contributed by atoms with van der Waals surface area (Å²) in [6.45, 7) is 0. The Morgan fingerprint density at radius 2 is 0.828 bits per heavy atom. The maximum atomic E-state index is 2.50. The summed E-state index contributed by atoms with van der Waals surface area (Å²) in [7, 11) is 0. The Hall–Kier alpha value is -7.07. The van der Waals surface area contributed by atoms with Crippen molar-refractivity contribution in [3.63, 3.8) is 0 Å². The van der Waals surface area contributed by atoms with Gasteiger partial charge in [0.1, 0.15) is 0 Å². The number of nitrogens with zero attached hydrogens (tertiary/aromatic N) is 2. The van der Waals surface area contributed by atoms with Crippen molar-refractivity contribution in [2.75, 3.05) is 9.80 Å². The van der Waals surface area contributed by atoms with E-state index in [1.165, 1.54) is 82.5 Å². The molecule has 1 aliphatic heterocycles. The number of para-hydroxylation sites is 4. The largest absolute Gasteiger partial charge is 0.311 e. The van der Waals surface area contributed by atoms with Crippen LogP contribution in [0.5, 0.6) is 0 Å². The second-order valence-corrected chi connectivity index (χ2v) is 16.3. The van der Waals surface area contributed by atoms with E-state index in [0.717, 1.165) is 17.1 Å². The van der Waals surface area contributed by atoms with Crippen molar-refractivity contribution in [2.24, 2.45) is 0 Å². The lowest BCUT2D eigenvalue weighted by Gasteiger charge is -2.35. The van der Waals surface area contributed by atoms with E-state index in [1.807, 2.05) is 11.8 Å². The average Bonchev–Trinajstić information content (AvgIpc) is 3.76. The maximum Gasteiger partial charge on any atom is 0.0726 e. The Morgan fingerprint density at radius 1 is 0.345 bits per heavy atom. The summed E-state index contributed by atoms with van der Waals surface area (Å²) >= 11 is 1.86. The second kappa shape index (κ2) is 13.0. The van der Waals surface area contributed by atoms with Gasteiger partial charge in [-0.05, 0) is 123 Å². The van der Waals surface area contributed by atoms with Crippen molar-refractivity contribution in [1.82, 2.24) is 0 Å². The maximum absolute atomic E-state index is 2.50. The monoisotopic (exact) mass is 756 g/mol. The molecule has 1 atom stereocenters. The molecular formula is C55H36N2S. The molecule has 12 rings (SSSR count). The Bertz CT molecular complexity index is 2960. The fraction of sp³-hybridized carbons (Fsp3) is 0.0182. The van der Waals surface area contributed by atoms with Gasteiger partial charge in [0.2, 0.25) is 0 Å². The van der Waals surface area contributed by atoms with Crippen molar-refractivity contribution in [1.29, 1.82) is 0 Å². The van der Waals surface area contributed by atoms with Crippen molar-refractivity contribution >= 4 is 45.9 Å². The molecule has 3 heteroatoms. The zero-order valence-electron chi connectivity index (χ0n) is 31.6. The van der Waals surface area contributed by atoms with E-state index in [9.17, 15) is 0 Å². The van der Waals surface area contributed by atoms with Gasteiger partial charge in [-0.15, -0.1) is 0 Å². The number of anilines is 6. The molecule has 2 nitrogen and oxygen atoms in total. The molecule has 2 aliphatic carbocycles. The zero-order valence-corrected chi connectivity index (χ0v) is 32.4. The molecule has 0 N–H and O–H groups in total. The van der Waals surface area contributed by atoms with Crippen LogP contribution in [0.15, 0.2) is 228 Å². The smallest absolute Gasteiger partial charge is 0.0726 e. The lowest BCUT2D eigenvalue weighted by Crippen LogP contribution is -2.26. The minimum atomic E-state index is -0.481. The second-order valence-electron chi connectivity index (χ2n) is 15.2. The van der Waals surface area contributed by atoms with Gasteiger partial charge < -0.3 is 9.80 Å². The normalized spacial score (nSPS) is 15.2. The van der Waals surface area contributed by atoms with Crippen LogP contribution in [0.2, 0.25) is 0 Å². The number of hydrogen-bond acceptors (Lipinski definition) is 3. The minimum absolute atomic E-state index is 0.481. The summed E-state index contributed by atoms with van der Waals surface area (Å²) in [6.07, 6.45) is 0. The first-order valence-electron chi connectivity index (χ1n) is 19.9. The van der Waals surface area contributed by atoms with Gasteiger partial charge in [-0.25, -0.2) is 0 Å². The van der Waals surface area contributed by atoms with E-state index in [2.05, 4.69) is 228 Å². The van der Waals surface area contributed by atoms with Gasteiger partial charge in [-0.1, -0.05) is 157 Å². The molecular weight excluding hydrogens is 721 g/mol. The van der Waals surface area contributed by atoms with Crippen LogP contribution in [-0.4, -0.2) is 0 Å². The van der Waals surface area contributed by atoms with Gasteiger partial charge in [0, 0.05) is 32.4 Å². The molecule has 9 aromatic rings. The molecule has 272 valence electrons. The summed E-state index contributed by atoms with van der Waals surface area (Å²) in [5.41, 5.74) is 19.5. The predicted octanol–water partition coefficient (Wildman–Crippen LogP) is 15.1. The van der Waals surface area contributed by atoms with Gasteiger partial charge in [0.05, 0.1) is 22.5 Å². The molecule has 0 fully saturated rings. The van der Waals surface area contributed by atoms with E-state index >= 15 is 0 Å². The number of fused-ring (bicyclic) bond motifs is 12. The predicted molar refractivity (Wildman–Crippen MR) is 242 cm³/mol. The summed E-state index contributed by atoms with van der Waals surface area (Å²) in [4.78, 5) is 7.36. The highest BCUT2D eigenvalue weighted by atomic mass is 32.2. The van der Waals surface area contributed by atoms with E-state index < -0.39 is 5.41 Å². The van der Waals surface area contributed by atoms with E-state index in [-0.39, 0.29) is 0 Å². The van der Waals surface area contributed by atoms with Gasteiger partial charge in [0.15, 0.2) is 0 Å². The molecule has 1 unspecified atom stereocenters. The minimum Gasteiger partial charge on any atom is -0.311 e. The van der Waals surface area contributed by atoms with Gasteiger partial charge in [-0.2, -0.15) is 0 Å². The SMILES string of the molecule is c1ccc(N(c2ccccc2)c2ccc(-c3ccc4c(c3)C3(c5ccccc5-4)c4ccccc4-c4c(N5c6ccccc6Sc6ccccc65)cccc43)cc2)cc1. The summed E-state index contributed by atoms with van der Waals surface area (Å²) in [5.74, 6) is 0. The number of hydrogen-bond donors (Lipinski definition) is 0. The van der Waals surface area contributed by atoms with Crippen LogP contribution >= 0.6 is 11.8 Å². The van der Waals surface area contributed by atoms with Crippen LogP contribution in [-0.2, 0) is 5.41 Å². The zero-order chi connectivity index (χ0) is 38.2. The van der Waals surface area contributed by atoms with Crippen LogP contribution in [0, 0.1) is 0 Å². The van der Waals surface area contributed by atoms with Crippen molar-refractivity contribution < 1.29 is 0 Å². The van der Waals surface area contributed by atoms with Crippen LogP contribution < -0.4 is 9.80 Å². The molecule has 0 saturated carbocycles. The van der Waals surface area contributed by atoms with E-state index in [4.69, 9.17) is 0 Å². The summed E-state index contributed by atoms with van der Waals surface area (Å²) in [6, 6.07) is 80.4. The summed E-state index contributed by atoms with van der Waals surface area (Å²) < 4.78 is 0. The van der Waals surface area contributed by atoms with Gasteiger partial charge in [0.25, 0.3) is 0 Å². The Morgan fingerprint density at radius 3 is 1.50 bits per heavy atom. The van der Waals surface area contributed by atoms with Crippen LogP contribution in [0.4, 0.5) is 34.1 Å². The topological polar surface area (TPSA) is 6.48 Å². The first-order valence-corrected chi connectivity index (χ1v) is 20.8.